The maximum Gasteiger partial charge on any atom is 0.319 e. The fourth-order valence-corrected chi connectivity index (χ4v) is 6.88. The lowest BCUT2D eigenvalue weighted by Gasteiger charge is -2.35. The molecule has 0 atom stereocenters. The van der Waals surface area contributed by atoms with Crippen LogP contribution in [0.2, 0.25) is 0 Å². The van der Waals surface area contributed by atoms with Crippen LogP contribution in [0, 0.1) is 11.3 Å². The molecule has 1 aliphatic carbocycles. The van der Waals surface area contributed by atoms with Crippen molar-refractivity contribution in [1.29, 1.82) is 5.26 Å². The minimum absolute atomic E-state index is 0.231. The van der Waals surface area contributed by atoms with Crippen LogP contribution in [0.3, 0.4) is 0 Å². The highest BCUT2D eigenvalue weighted by atomic mass is 32.2. The van der Waals surface area contributed by atoms with E-state index >= 15 is 0 Å². The molecule has 0 aromatic heterocycles. The third-order valence-electron chi connectivity index (χ3n) is 6.93. The first-order valence-corrected chi connectivity index (χ1v) is 14.8. The Hall–Kier alpha value is -3.67. The van der Waals surface area contributed by atoms with Gasteiger partial charge in [0.15, 0.2) is 0 Å². The molecule has 4 rings (SSSR count). The Balaban J connectivity index is 1.64. The molecule has 0 heterocycles. The lowest BCUT2D eigenvalue weighted by molar-refractivity contribution is 0.229. The minimum Gasteiger partial charge on any atom is -0.328 e. The second-order valence-corrected chi connectivity index (χ2v) is 12.8. The summed E-state index contributed by atoms with van der Waals surface area (Å²) in [5.74, 6) is 0. The molecule has 2 amide bonds. The molecule has 0 saturated heterocycles. The Bertz CT molecular complexity index is 1460. The number of benzene rings is 3. The van der Waals surface area contributed by atoms with Crippen molar-refractivity contribution < 1.29 is 13.2 Å². The van der Waals surface area contributed by atoms with Crippen LogP contribution in [0.5, 0.6) is 0 Å². The van der Waals surface area contributed by atoms with E-state index in [0.29, 0.717) is 16.8 Å². The van der Waals surface area contributed by atoms with Crippen molar-refractivity contribution in [3.8, 4) is 17.2 Å². The topological polar surface area (TPSA) is 111 Å². The van der Waals surface area contributed by atoms with Crippen LogP contribution < -0.4 is 15.4 Å². The number of nitriles is 1. The van der Waals surface area contributed by atoms with Crippen LogP contribution in [0.1, 0.15) is 70.4 Å². The summed E-state index contributed by atoms with van der Waals surface area (Å²) < 4.78 is 29.1. The molecule has 3 aromatic rings. The van der Waals surface area contributed by atoms with E-state index < -0.39 is 21.1 Å². The van der Waals surface area contributed by atoms with Gasteiger partial charge < -0.3 is 10.6 Å². The normalized spacial score (nSPS) is 15.5. The summed E-state index contributed by atoms with van der Waals surface area (Å²) in [5.41, 5.74) is 2.28. The third-order valence-corrected chi connectivity index (χ3v) is 8.74. The molecule has 0 radical (unpaired) electrons. The zero-order valence-corrected chi connectivity index (χ0v) is 23.6. The van der Waals surface area contributed by atoms with Gasteiger partial charge in [-0.05, 0) is 69.0 Å². The van der Waals surface area contributed by atoms with Gasteiger partial charge in [-0.15, -0.1) is 0 Å². The van der Waals surface area contributed by atoms with Crippen molar-refractivity contribution in [3.05, 3.63) is 83.9 Å². The number of hydrogen-bond donors (Lipinski definition) is 3. The first-order chi connectivity index (χ1) is 18.5. The number of nitrogens with one attached hydrogen (secondary N) is 3. The van der Waals surface area contributed by atoms with Crippen molar-refractivity contribution >= 4 is 21.7 Å². The van der Waals surface area contributed by atoms with Crippen LogP contribution in [0.15, 0.2) is 77.7 Å². The van der Waals surface area contributed by atoms with E-state index in [1.165, 1.54) is 0 Å². The maximum atomic E-state index is 13.2. The standard InChI is InChI=1S/C31H36N4O3S/c1-30(2,3)35-39(37,38)28-14-7-6-13-27(28)24-15-17-25(18-16-24)31(19-8-4-5-9-20-31)34-29(36)33-26-12-10-11-23(21-26)22-32/h6-7,10-18,21,35H,4-5,8-9,19-20H2,1-3H3,(H2,33,34,36). The fraction of sp³-hybridized carbons (Fsp3) is 0.355. The Kier molecular flexibility index (Phi) is 8.43. The predicted molar refractivity (Wildman–Crippen MR) is 155 cm³/mol. The fourth-order valence-electron chi connectivity index (χ4n) is 5.23. The van der Waals surface area contributed by atoms with E-state index in [4.69, 9.17) is 0 Å². The number of hydrogen-bond acceptors (Lipinski definition) is 4. The highest BCUT2D eigenvalue weighted by Gasteiger charge is 2.35. The van der Waals surface area contributed by atoms with Crippen LogP contribution in [-0.2, 0) is 15.6 Å². The Morgan fingerprint density at radius 2 is 1.56 bits per heavy atom. The van der Waals surface area contributed by atoms with Gasteiger partial charge in [0.1, 0.15) is 0 Å². The molecule has 1 saturated carbocycles. The summed E-state index contributed by atoms with van der Waals surface area (Å²) in [5, 5.41) is 15.3. The zero-order chi connectivity index (χ0) is 28.1. The molecule has 39 heavy (non-hydrogen) atoms. The molecule has 7 nitrogen and oxygen atoms in total. The first-order valence-electron chi connectivity index (χ1n) is 13.3. The number of rotatable bonds is 6. The van der Waals surface area contributed by atoms with Crippen LogP contribution in [-0.4, -0.2) is 20.0 Å². The molecule has 1 aliphatic rings. The average molecular weight is 545 g/mol. The summed E-state index contributed by atoms with van der Waals surface area (Å²) >= 11 is 0. The molecule has 3 aromatic carbocycles. The van der Waals surface area contributed by atoms with Gasteiger partial charge in [0, 0.05) is 16.8 Å². The highest BCUT2D eigenvalue weighted by Crippen LogP contribution is 2.38. The molecule has 0 spiro atoms. The van der Waals surface area contributed by atoms with Gasteiger partial charge in [0.05, 0.1) is 22.1 Å². The van der Waals surface area contributed by atoms with Gasteiger partial charge in [-0.2, -0.15) is 5.26 Å². The number of carbonyl (C=O) groups is 1. The minimum atomic E-state index is -3.73. The monoisotopic (exact) mass is 544 g/mol. The lowest BCUT2D eigenvalue weighted by Crippen LogP contribution is -2.47. The van der Waals surface area contributed by atoms with E-state index in [9.17, 15) is 18.5 Å². The molecular weight excluding hydrogens is 508 g/mol. The van der Waals surface area contributed by atoms with Crippen LogP contribution in [0.25, 0.3) is 11.1 Å². The number of urea groups is 1. The number of anilines is 1. The maximum absolute atomic E-state index is 13.2. The molecule has 0 aliphatic heterocycles. The van der Waals surface area contributed by atoms with E-state index in [0.717, 1.165) is 49.7 Å². The number of sulfonamides is 1. The van der Waals surface area contributed by atoms with E-state index in [2.05, 4.69) is 21.4 Å². The summed E-state index contributed by atoms with van der Waals surface area (Å²) in [6.07, 6.45) is 5.81. The SMILES string of the molecule is CC(C)(C)NS(=O)(=O)c1ccccc1-c1ccc(C2(NC(=O)Nc3cccc(C#N)c3)CCCCCC2)cc1. The predicted octanol–water partition coefficient (Wildman–Crippen LogP) is 6.67. The van der Waals surface area contributed by atoms with Crippen molar-refractivity contribution in [2.24, 2.45) is 0 Å². The second kappa shape index (κ2) is 11.6. The molecule has 3 N–H and O–H groups in total. The Labute approximate surface area is 231 Å². The quantitative estimate of drug-likeness (QED) is 0.301. The van der Waals surface area contributed by atoms with Gasteiger partial charge in [-0.1, -0.05) is 74.2 Å². The van der Waals surface area contributed by atoms with E-state index in [-0.39, 0.29) is 10.9 Å². The van der Waals surface area contributed by atoms with Crippen LogP contribution in [0.4, 0.5) is 10.5 Å². The zero-order valence-electron chi connectivity index (χ0n) is 22.8. The molecule has 0 bridgehead atoms. The highest BCUT2D eigenvalue weighted by molar-refractivity contribution is 7.89. The largest absolute Gasteiger partial charge is 0.328 e. The number of nitrogens with zero attached hydrogens (tertiary/aromatic N) is 1. The Morgan fingerprint density at radius 3 is 2.21 bits per heavy atom. The van der Waals surface area contributed by atoms with Crippen LogP contribution >= 0.6 is 0 Å². The number of carbonyl (C=O) groups excluding carboxylic acids is 1. The molecular formula is C31H36N4O3S. The summed E-state index contributed by atoms with van der Waals surface area (Å²) in [7, 11) is -3.73. The number of amides is 2. The van der Waals surface area contributed by atoms with Crippen molar-refractivity contribution in [1.82, 2.24) is 10.0 Å². The van der Waals surface area contributed by atoms with E-state index in [1.807, 2.05) is 57.2 Å². The second-order valence-electron chi connectivity index (χ2n) is 11.2. The summed E-state index contributed by atoms with van der Waals surface area (Å²) in [4.78, 5) is 13.4. The van der Waals surface area contributed by atoms with Gasteiger partial charge in [-0.3, -0.25) is 0 Å². The first kappa shape index (κ1) is 28.3. The summed E-state index contributed by atoms with van der Waals surface area (Å²) in [6, 6.07) is 23.5. The Morgan fingerprint density at radius 1 is 0.897 bits per heavy atom. The lowest BCUT2D eigenvalue weighted by atomic mass is 9.82. The van der Waals surface area contributed by atoms with Gasteiger partial charge in [0.2, 0.25) is 10.0 Å². The smallest absolute Gasteiger partial charge is 0.319 e. The van der Waals surface area contributed by atoms with Gasteiger partial charge in [-0.25, -0.2) is 17.9 Å². The van der Waals surface area contributed by atoms with Crippen molar-refractivity contribution in [2.45, 2.75) is 75.3 Å². The van der Waals surface area contributed by atoms with Gasteiger partial charge >= 0.3 is 6.03 Å². The summed E-state index contributed by atoms with van der Waals surface area (Å²) in [6.45, 7) is 5.45. The third kappa shape index (κ3) is 7.05. The molecule has 1 fully saturated rings. The van der Waals surface area contributed by atoms with Crippen molar-refractivity contribution in [2.75, 3.05) is 5.32 Å². The molecule has 0 unspecified atom stereocenters. The van der Waals surface area contributed by atoms with Crippen molar-refractivity contribution in [3.63, 3.8) is 0 Å². The van der Waals surface area contributed by atoms with Gasteiger partial charge in [0.25, 0.3) is 0 Å². The molecule has 8 heteroatoms. The average Bonchev–Trinajstić information content (AvgIpc) is 3.14. The molecule has 204 valence electrons. The van der Waals surface area contributed by atoms with E-state index in [1.54, 1.807) is 36.4 Å².